The van der Waals surface area contributed by atoms with Crippen molar-refractivity contribution in [2.24, 2.45) is 0 Å². The Morgan fingerprint density at radius 1 is 1.24 bits per heavy atom. The van der Waals surface area contributed by atoms with Crippen molar-refractivity contribution in [3.63, 3.8) is 0 Å². The van der Waals surface area contributed by atoms with Crippen LogP contribution in [-0.4, -0.2) is 60.5 Å². The van der Waals surface area contributed by atoms with Crippen LogP contribution in [0.3, 0.4) is 0 Å². The lowest BCUT2D eigenvalue weighted by Gasteiger charge is -2.36. The second kappa shape index (κ2) is 6.78. The van der Waals surface area contributed by atoms with Gasteiger partial charge in [-0.2, -0.15) is 0 Å². The third kappa shape index (κ3) is 3.17. The molecular formula is C19H24N2O4. The fourth-order valence-corrected chi connectivity index (χ4v) is 4.04. The Labute approximate surface area is 146 Å². The minimum absolute atomic E-state index is 0.0443. The van der Waals surface area contributed by atoms with Crippen molar-refractivity contribution in [1.29, 1.82) is 0 Å². The molecule has 6 nitrogen and oxygen atoms in total. The number of aromatic amines is 1. The van der Waals surface area contributed by atoms with Crippen molar-refractivity contribution in [3.05, 3.63) is 40.3 Å². The zero-order chi connectivity index (χ0) is 17.4. The molecule has 2 N–H and O–H groups in total. The third-order valence-electron chi connectivity index (χ3n) is 5.53. The summed E-state index contributed by atoms with van der Waals surface area (Å²) in [6.45, 7) is 2.87. The standard InChI is InChI=1S/C19H24N2O4/c1-24-14-2-3-15-13(8-14)9-16(20-19(15)23)12-4-6-21(7-5-12)17-10-25-11-18(17)22/h2-3,8-9,12,17-18,22H,4-7,10-11H2,1H3,(H,20,23)/t17-,18+/m1/s1. The normalized spacial score (nSPS) is 25.5. The zero-order valence-corrected chi connectivity index (χ0v) is 14.4. The quantitative estimate of drug-likeness (QED) is 0.882. The fourth-order valence-electron chi connectivity index (χ4n) is 4.04. The first kappa shape index (κ1) is 16.6. The fraction of sp³-hybridized carbons (Fsp3) is 0.526. The molecule has 0 aliphatic carbocycles. The third-order valence-corrected chi connectivity index (χ3v) is 5.53. The van der Waals surface area contributed by atoms with Gasteiger partial charge in [0.2, 0.25) is 0 Å². The SMILES string of the molecule is COc1ccc2c(=O)[nH]c(C3CCN([C@@H]4COC[C@@H]4O)CC3)cc2c1. The van der Waals surface area contributed by atoms with Gasteiger partial charge in [-0.15, -0.1) is 0 Å². The first-order valence-corrected chi connectivity index (χ1v) is 8.86. The minimum atomic E-state index is -0.385. The maximum Gasteiger partial charge on any atom is 0.256 e. The number of fused-ring (bicyclic) bond motifs is 1. The minimum Gasteiger partial charge on any atom is -0.497 e. The van der Waals surface area contributed by atoms with E-state index in [4.69, 9.17) is 9.47 Å². The predicted molar refractivity (Wildman–Crippen MR) is 95.3 cm³/mol. The van der Waals surface area contributed by atoms with Gasteiger partial charge in [-0.3, -0.25) is 9.69 Å². The summed E-state index contributed by atoms with van der Waals surface area (Å²) in [5.74, 6) is 1.09. The Kier molecular flexibility index (Phi) is 4.50. The van der Waals surface area contributed by atoms with Crippen LogP contribution in [0.15, 0.2) is 29.1 Å². The summed E-state index contributed by atoms with van der Waals surface area (Å²) >= 11 is 0. The number of aliphatic hydroxyl groups is 1. The number of piperidine rings is 1. The Morgan fingerprint density at radius 2 is 2.04 bits per heavy atom. The van der Waals surface area contributed by atoms with Crippen LogP contribution in [-0.2, 0) is 4.74 Å². The molecule has 2 aromatic rings. The van der Waals surface area contributed by atoms with Crippen molar-refractivity contribution < 1.29 is 14.6 Å². The van der Waals surface area contributed by atoms with Gasteiger partial charge >= 0.3 is 0 Å². The highest BCUT2D eigenvalue weighted by atomic mass is 16.5. The molecule has 0 bridgehead atoms. The Balaban J connectivity index is 1.53. The molecule has 2 saturated heterocycles. The van der Waals surface area contributed by atoms with Crippen LogP contribution in [0.25, 0.3) is 10.8 Å². The van der Waals surface area contributed by atoms with Gasteiger partial charge in [0.25, 0.3) is 5.56 Å². The highest BCUT2D eigenvalue weighted by molar-refractivity contribution is 5.83. The number of benzene rings is 1. The molecule has 1 aromatic heterocycles. The van der Waals surface area contributed by atoms with Gasteiger partial charge in [0.05, 0.1) is 32.5 Å². The van der Waals surface area contributed by atoms with E-state index >= 15 is 0 Å². The largest absolute Gasteiger partial charge is 0.497 e. The van der Waals surface area contributed by atoms with Gasteiger partial charge in [-0.25, -0.2) is 0 Å². The molecule has 25 heavy (non-hydrogen) atoms. The molecule has 6 heteroatoms. The Bertz CT molecular complexity index is 811. The molecule has 0 saturated carbocycles. The smallest absolute Gasteiger partial charge is 0.256 e. The van der Waals surface area contributed by atoms with Crippen LogP contribution < -0.4 is 10.3 Å². The molecule has 2 aliphatic rings. The lowest BCUT2D eigenvalue weighted by atomic mass is 9.91. The maximum atomic E-state index is 12.4. The van der Waals surface area contributed by atoms with E-state index in [9.17, 15) is 9.90 Å². The van der Waals surface area contributed by atoms with Crippen LogP contribution >= 0.6 is 0 Å². The van der Waals surface area contributed by atoms with E-state index in [2.05, 4.69) is 16.0 Å². The molecular weight excluding hydrogens is 320 g/mol. The molecule has 134 valence electrons. The van der Waals surface area contributed by atoms with Gasteiger partial charge in [0.15, 0.2) is 0 Å². The van der Waals surface area contributed by atoms with Gasteiger partial charge in [0, 0.05) is 17.0 Å². The number of nitrogens with one attached hydrogen (secondary N) is 1. The van der Waals surface area contributed by atoms with Crippen LogP contribution in [0.1, 0.15) is 24.5 Å². The highest BCUT2D eigenvalue weighted by Gasteiger charge is 2.34. The molecule has 2 fully saturated rings. The first-order valence-electron chi connectivity index (χ1n) is 8.86. The molecule has 1 aromatic carbocycles. The van der Waals surface area contributed by atoms with Crippen molar-refractivity contribution in [3.8, 4) is 5.75 Å². The second-order valence-corrected chi connectivity index (χ2v) is 6.99. The molecule has 2 aliphatic heterocycles. The summed E-state index contributed by atoms with van der Waals surface area (Å²) in [7, 11) is 1.63. The van der Waals surface area contributed by atoms with Crippen molar-refractivity contribution in [2.45, 2.75) is 30.9 Å². The number of ether oxygens (including phenoxy) is 2. The monoisotopic (exact) mass is 344 g/mol. The van der Waals surface area contributed by atoms with Crippen molar-refractivity contribution >= 4 is 10.8 Å². The van der Waals surface area contributed by atoms with Crippen LogP contribution in [0.5, 0.6) is 5.75 Å². The zero-order valence-electron chi connectivity index (χ0n) is 14.4. The second-order valence-electron chi connectivity index (χ2n) is 6.99. The number of likely N-dealkylation sites (tertiary alicyclic amines) is 1. The summed E-state index contributed by atoms with van der Waals surface area (Å²) < 4.78 is 10.6. The summed E-state index contributed by atoms with van der Waals surface area (Å²) in [5.41, 5.74) is 0.950. The number of H-pyrrole nitrogens is 1. The van der Waals surface area contributed by atoms with Crippen LogP contribution in [0, 0.1) is 0 Å². The molecule has 2 atom stereocenters. The highest BCUT2D eigenvalue weighted by Crippen LogP contribution is 2.30. The molecule has 4 rings (SSSR count). The molecule has 0 unspecified atom stereocenters. The number of hydrogen-bond acceptors (Lipinski definition) is 5. The molecule has 3 heterocycles. The molecule has 0 radical (unpaired) electrons. The Morgan fingerprint density at radius 3 is 2.72 bits per heavy atom. The number of aliphatic hydroxyl groups excluding tert-OH is 1. The van der Waals surface area contributed by atoms with Crippen molar-refractivity contribution in [2.75, 3.05) is 33.4 Å². The Hall–Kier alpha value is -1.89. The van der Waals surface area contributed by atoms with E-state index in [0.29, 0.717) is 24.5 Å². The van der Waals surface area contributed by atoms with Gasteiger partial charge < -0.3 is 19.6 Å². The van der Waals surface area contributed by atoms with Gasteiger partial charge in [-0.1, -0.05) is 0 Å². The van der Waals surface area contributed by atoms with Gasteiger partial charge in [-0.05, 0) is 55.6 Å². The summed E-state index contributed by atoms with van der Waals surface area (Å²) in [6, 6.07) is 7.72. The van der Waals surface area contributed by atoms with Crippen LogP contribution in [0.4, 0.5) is 0 Å². The van der Waals surface area contributed by atoms with E-state index in [1.807, 2.05) is 12.1 Å². The first-order chi connectivity index (χ1) is 12.2. The number of aromatic nitrogens is 1. The summed E-state index contributed by atoms with van der Waals surface area (Å²) in [4.78, 5) is 17.8. The van der Waals surface area contributed by atoms with Crippen LogP contribution in [0.2, 0.25) is 0 Å². The van der Waals surface area contributed by atoms with E-state index < -0.39 is 0 Å². The van der Waals surface area contributed by atoms with E-state index in [1.54, 1.807) is 13.2 Å². The van der Waals surface area contributed by atoms with Crippen molar-refractivity contribution in [1.82, 2.24) is 9.88 Å². The average molecular weight is 344 g/mol. The number of methoxy groups -OCH3 is 1. The lowest BCUT2D eigenvalue weighted by molar-refractivity contribution is 0.0660. The number of nitrogens with zero attached hydrogens (tertiary/aromatic N) is 1. The maximum absolute atomic E-state index is 12.4. The molecule has 0 amide bonds. The predicted octanol–water partition coefficient (Wildman–Crippen LogP) is 1.48. The topological polar surface area (TPSA) is 74.8 Å². The molecule has 0 spiro atoms. The van der Waals surface area contributed by atoms with Gasteiger partial charge in [0.1, 0.15) is 5.75 Å². The summed E-state index contributed by atoms with van der Waals surface area (Å²) in [5, 5.41) is 11.6. The lowest BCUT2D eigenvalue weighted by Crippen LogP contribution is -2.46. The number of rotatable bonds is 3. The van der Waals surface area contributed by atoms with E-state index in [-0.39, 0.29) is 17.7 Å². The average Bonchev–Trinajstić information content (AvgIpc) is 3.07. The summed E-state index contributed by atoms with van der Waals surface area (Å²) in [6.07, 6.45) is 1.55. The van der Waals surface area contributed by atoms with E-state index in [0.717, 1.165) is 42.8 Å². The van der Waals surface area contributed by atoms with E-state index in [1.165, 1.54) is 0 Å². The number of pyridine rings is 1. The number of hydrogen-bond donors (Lipinski definition) is 2.